The highest BCUT2D eigenvalue weighted by atomic mass is 16.6. The maximum atomic E-state index is 12.3. The van der Waals surface area contributed by atoms with Gasteiger partial charge < -0.3 is 9.64 Å². The first-order valence-corrected chi connectivity index (χ1v) is 6.20. The molecular weight excluding hydrogens is 230 g/mol. The van der Waals surface area contributed by atoms with E-state index in [0.29, 0.717) is 19.4 Å². The molecule has 0 aliphatic carbocycles. The minimum atomic E-state index is -0.614. The third-order valence-electron chi connectivity index (χ3n) is 3.15. The van der Waals surface area contributed by atoms with Crippen molar-refractivity contribution < 1.29 is 14.3 Å². The molecule has 1 fully saturated rings. The Hall–Kier alpha value is -1.84. The summed E-state index contributed by atoms with van der Waals surface area (Å²) in [6, 6.07) is 7.71. The summed E-state index contributed by atoms with van der Waals surface area (Å²) in [7, 11) is 0. The number of carbonyl (C=O) groups excluding carboxylic acids is 2. The number of anilines is 1. The molecule has 96 valence electrons. The summed E-state index contributed by atoms with van der Waals surface area (Å²) in [6.07, 6.45) is 0.207. The fourth-order valence-electron chi connectivity index (χ4n) is 2.18. The lowest BCUT2D eigenvalue weighted by atomic mass is 10.1. The lowest BCUT2D eigenvalue weighted by Crippen LogP contribution is -2.39. The Balaban J connectivity index is 2.21. The predicted octanol–water partition coefficient (Wildman–Crippen LogP) is 2.05. The first kappa shape index (κ1) is 12.6. The van der Waals surface area contributed by atoms with Crippen molar-refractivity contribution in [3.8, 4) is 0 Å². The van der Waals surface area contributed by atoms with E-state index in [1.807, 2.05) is 38.1 Å². The van der Waals surface area contributed by atoms with Gasteiger partial charge in [-0.15, -0.1) is 0 Å². The van der Waals surface area contributed by atoms with E-state index < -0.39 is 6.10 Å². The number of hydrogen-bond acceptors (Lipinski definition) is 3. The van der Waals surface area contributed by atoms with E-state index in [1.165, 1.54) is 0 Å². The minimum Gasteiger partial charge on any atom is -0.452 e. The van der Waals surface area contributed by atoms with Crippen LogP contribution in [0.1, 0.15) is 25.3 Å². The molecule has 1 atom stereocenters. The average Bonchev–Trinajstić information content (AvgIpc) is 2.79. The number of cyclic esters (lactones) is 1. The van der Waals surface area contributed by atoms with Gasteiger partial charge in [0, 0.05) is 25.1 Å². The molecule has 0 spiro atoms. The summed E-state index contributed by atoms with van der Waals surface area (Å²) in [5, 5.41) is 0. The van der Waals surface area contributed by atoms with Gasteiger partial charge in [0.15, 0.2) is 6.10 Å². The Kier molecular flexibility index (Phi) is 3.65. The van der Waals surface area contributed by atoms with Crippen LogP contribution in [0.25, 0.3) is 0 Å². The first-order valence-electron chi connectivity index (χ1n) is 6.20. The Morgan fingerprint density at radius 2 is 2.17 bits per heavy atom. The molecule has 1 aromatic carbocycles. The quantitative estimate of drug-likeness (QED) is 0.768. The van der Waals surface area contributed by atoms with Gasteiger partial charge in [-0.05, 0) is 25.5 Å². The summed E-state index contributed by atoms with van der Waals surface area (Å²) in [5.41, 5.74) is 1.92. The Morgan fingerprint density at radius 3 is 2.72 bits per heavy atom. The van der Waals surface area contributed by atoms with Crippen LogP contribution in [0.5, 0.6) is 0 Å². The van der Waals surface area contributed by atoms with E-state index in [1.54, 1.807) is 4.90 Å². The highest BCUT2D eigenvalue weighted by Crippen LogP contribution is 2.23. The Bertz CT molecular complexity index is 470. The van der Waals surface area contributed by atoms with Gasteiger partial charge in [-0.2, -0.15) is 0 Å². The van der Waals surface area contributed by atoms with Gasteiger partial charge in [0.2, 0.25) is 0 Å². The molecule has 18 heavy (non-hydrogen) atoms. The molecule has 0 unspecified atom stereocenters. The van der Waals surface area contributed by atoms with E-state index in [2.05, 4.69) is 0 Å². The van der Waals surface area contributed by atoms with Crippen LogP contribution >= 0.6 is 0 Å². The van der Waals surface area contributed by atoms with Gasteiger partial charge >= 0.3 is 5.97 Å². The second-order valence-corrected chi connectivity index (χ2v) is 4.39. The average molecular weight is 247 g/mol. The lowest BCUT2D eigenvalue weighted by molar-refractivity contribution is -0.147. The predicted molar refractivity (Wildman–Crippen MR) is 68.3 cm³/mol. The molecule has 0 saturated carbocycles. The number of ether oxygens (including phenoxy) is 1. The third-order valence-corrected chi connectivity index (χ3v) is 3.15. The van der Waals surface area contributed by atoms with Crippen molar-refractivity contribution in [1.82, 2.24) is 0 Å². The molecular formula is C14H17NO3. The summed E-state index contributed by atoms with van der Waals surface area (Å²) in [4.78, 5) is 25.1. The zero-order valence-corrected chi connectivity index (χ0v) is 10.7. The number of carbonyl (C=O) groups is 2. The molecule has 1 amide bonds. The van der Waals surface area contributed by atoms with E-state index in [4.69, 9.17) is 4.74 Å². The molecule has 1 aliphatic heterocycles. The van der Waals surface area contributed by atoms with Crippen LogP contribution in [0.2, 0.25) is 0 Å². The molecule has 1 aromatic rings. The van der Waals surface area contributed by atoms with E-state index in [9.17, 15) is 9.59 Å². The fourth-order valence-corrected chi connectivity index (χ4v) is 2.18. The number of rotatable bonds is 3. The van der Waals surface area contributed by atoms with Crippen LogP contribution < -0.4 is 4.90 Å². The number of para-hydroxylation sites is 1. The lowest BCUT2D eigenvalue weighted by Gasteiger charge is -2.25. The van der Waals surface area contributed by atoms with Crippen molar-refractivity contribution in [3.05, 3.63) is 29.8 Å². The second kappa shape index (κ2) is 5.21. The molecule has 0 N–H and O–H groups in total. The van der Waals surface area contributed by atoms with Gasteiger partial charge in [-0.1, -0.05) is 18.2 Å². The summed E-state index contributed by atoms with van der Waals surface area (Å²) >= 11 is 0. The van der Waals surface area contributed by atoms with Gasteiger partial charge in [-0.3, -0.25) is 9.59 Å². The maximum absolute atomic E-state index is 12.3. The van der Waals surface area contributed by atoms with Crippen LogP contribution in [0.15, 0.2) is 24.3 Å². The van der Waals surface area contributed by atoms with Crippen molar-refractivity contribution in [1.29, 1.82) is 0 Å². The molecule has 4 nitrogen and oxygen atoms in total. The Labute approximate surface area is 107 Å². The third kappa shape index (κ3) is 2.37. The SMILES string of the molecule is CCN(C(=O)[C@H]1CCC(=O)O1)c1ccccc1C. The zero-order chi connectivity index (χ0) is 13.1. The summed E-state index contributed by atoms with van der Waals surface area (Å²) in [5.74, 6) is -0.410. The molecule has 2 rings (SSSR count). The minimum absolute atomic E-state index is 0.127. The molecule has 4 heteroatoms. The molecule has 0 bridgehead atoms. The van der Waals surface area contributed by atoms with Crippen LogP contribution in [0.3, 0.4) is 0 Å². The molecule has 1 aliphatic rings. The Morgan fingerprint density at radius 1 is 1.44 bits per heavy atom. The maximum Gasteiger partial charge on any atom is 0.306 e. The number of benzene rings is 1. The fraction of sp³-hybridized carbons (Fsp3) is 0.429. The van der Waals surface area contributed by atoms with Gasteiger partial charge in [0.1, 0.15) is 0 Å². The molecule has 0 aromatic heterocycles. The first-order chi connectivity index (χ1) is 8.63. The number of aryl methyl sites for hydroxylation is 1. The highest BCUT2D eigenvalue weighted by Gasteiger charge is 2.33. The summed E-state index contributed by atoms with van der Waals surface area (Å²) < 4.78 is 5.04. The van der Waals surface area contributed by atoms with Crippen LogP contribution in [-0.2, 0) is 14.3 Å². The van der Waals surface area contributed by atoms with E-state index >= 15 is 0 Å². The van der Waals surface area contributed by atoms with Gasteiger partial charge in [-0.25, -0.2) is 0 Å². The standard InChI is InChI=1S/C14H17NO3/c1-3-15(11-7-5-4-6-10(11)2)14(17)12-8-9-13(16)18-12/h4-7,12H,3,8-9H2,1-2H3/t12-/m1/s1. The smallest absolute Gasteiger partial charge is 0.306 e. The number of hydrogen-bond donors (Lipinski definition) is 0. The molecule has 1 saturated heterocycles. The van der Waals surface area contributed by atoms with Gasteiger partial charge in [0.05, 0.1) is 0 Å². The van der Waals surface area contributed by atoms with Crippen LogP contribution in [-0.4, -0.2) is 24.5 Å². The second-order valence-electron chi connectivity index (χ2n) is 4.39. The van der Waals surface area contributed by atoms with Crippen LogP contribution in [0, 0.1) is 6.92 Å². The van der Waals surface area contributed by atoms with Crippen molar-refractivity contribution >= 4 is 17.6 Å². The highest BCUT2D eigenvalue weighted by molar-refractivity contribution is 5.99. The molecule has 1 heterocycles. The monoisotopic (exact) mass is 247 g/mol. The zero-order valence-electron chi connectivity index (χ0n) is 10.7. The van der Waals surface area contributed by atoms with E-state index in [-0.39, 0.29) is 11.9 Å². The number of likely N-dealkylation sites (N-methyl/N-ethyl adjacent to an activating group) is 1. The van der Waals surface area contributed by atoms with Gasteiger partial charge in [0.25, 0.3) is 5.91 Å². The topological polar surface area (TPSA) is 46.6 Å². The van der Waals surface area contributed by atoms with Crippen molar-refractivity contribution in [2.75, 3.05) is 11.4 Å². The van der Waals surface area contributed by atoms with Crippen molar-refractivity contribution in [2.24, 2.45) is 0 Å². The largest absolute Gasteiger partial charge is 0.452 e. The molecule has 0 radical (unpaired) electrons. The normalized spacial score (nSPS) is 18.6. The number of amides is 1. The summed E-state index contributed by atoms with van der Waals surface area (Å²) in [6.45, 7) is 4.45. The number of nitrogens with zero attached hydrogens (tertiary/aromatic N) is 1. The van der Waals surface area contributed by atoms with E-state index in [0.717, 1.165) is 11.3 Å². The van der Waals surface area contributed by atoms with Crippen LogP contribution in [0.4, 0.5) is 5.69 Å². The van der Waals surface area contributed by atoms with Crippen molar-refractivity contribution in [2.45, 2.75) is 32.8 Å². The number of esters is 1. The van der Waals surface area contributed by atoms with Crippen molar-refractivity contribution in [3.63, 3.8) is 0 Å².